The SMILES string of the molecule is CCOc1ccc(N=C2NC(=O)/C(=C\c3cc(Br)c(OC)cc3OC)S2)cc1. The molecule has 1 aliphatic rings. The maximum Gasteiger partial charge on any atom is 0.264 e. The number of hydrogen-bond acceptors (Lipinski definition) is 6. The number of halogens is 1. The summed E-state index contributed by atoms with van der Waals surface area (Å²) >= 11 is 4.73. The fourth-order valence-electron chi connectivity index (χ4n) is 2.52. The second kappa shape index (κ2) is 9.16. The molecule has 0 saturated carbocycles. The quantitative estimate of drug-likeness (QED) is 0.626. The number of nitrogens with zero attached hydrogens (tertiary/aromatic N) is 1. The van der Waals surface area contributed by atoms with Crippen LogP contribution in [-0.2, 0) is 4.79 Å². The summed E-state index contributed by atoms with van der Waals surface area (Å²) in [6.07, 6.45) is 1.77. The van der Waals surface area contributed by atoms with E-state index < -0.39 is 0 Å². The second-order valence-corrected chi connectivity index (χ2v) is 7.52. The molecular weight excluding hydrogens is 444 g/mol. The first-order valence-corrected chi connectivity index (χ1v) is 10.1. The van der Waals surface area contributed by atoms with Gasteiger partial charge in [-0.1, -0.05) is 0 Å². The minimum absolute atomic E-state index is 0.205. The van der Waals surface area contributed by atoms with Crippen LogP contribution in [-0.4, -0.2) is 31.9 Å². The zero-order chi connectivity index (χ0) is 20.1. The van der Waals surface area contributed by atoms with E-state index in [-0.39, 0.29) is 5.91 Å². The molecule has 1 saturated heterocycles. The molecule has 0 unspecified atom stereocenters. The first kappa shape index (κ1) is 20.3. The predicted octanol–water partition coefficient (Wildman–Crippen LogP) is 4.76. The monoisotopic (exact) mass is 462 g/mol. The summed E-state index contributed by atoms with van der Waals surface area (Å²) in [5.41, 5.74) is 1.49. The van der Waals surface area contributed by atoms with Crippen molar-refractivity contribution in [3.05, 3.63) is 51.3 Å². The number of ether oxygens (including phenoxy) is 3. The van der Waals surface area contributed by atoms with Gasteiger partial charge in [0.1, 0.15) is 17.2 Å². The molecule has 6 nitrogen and oxygen atoms in total. The van der Waals surface area contributed by atoms with Crippen molar-refractivity contribution in [2.24, 2.45) is 4.99 Å². The summed E-state index contributed by atoms with van der Waals surface area (Å²) in [5.74, 6) is 1.84. The molecule has 0 atom stereocenters. The molecule has 8 heteroatoms. The van der Waals surface area contributed by atoms with Crippen molar-refractivity contribution in [1.82, 2.24) is 5.32 Å². The Labute approximate surface area is 176 Å². The first-order valence-electron chi connectivity index (χ1n) is 8.48. The number of carbonyl (C=O) groups is 1. The average molecular weight is 463 g/mol. The minimum atomic E-state index is -0.205. The molecule has 28 heavy (non-hydrogen) atoms. The predicted molar refractivity (Wildman–Crippen MR) is 116 cm³/mol. The molecule has 0 radical (unpaired) electrons. The van der Waals surface area contributed by atoms with Crippen LogP contribution in [0.5, 0.6) is 17.2 Å². The number of carbonyl (C=O) groups excluding carboxylic acids is 1. The normalized spacial score (nSPS) is 16.4. The summed E-state index contributed by atoms with van der Waals surface area (Å²) in [7, 11) is 3.16. The van der Waals surface area contributed by atoms with Crippen LogP contribution in [0, 0.1) is 0 Å². The van der Waals surface area contributed by atoms with Gasteiger partial charge < -0.3 is 19.5 Å². The van der Waals surface area contributed by atoms with Crippen molar-refractivity contribution in [2.45, 2.75) is 6.92 Å². The van der Waals surface area contributed by atoms with E-state index in [0.717, 1.165) is 21.5 Å². The lowest BCUT2D eigenvalue weighted by molar-refractivity contribution is -0.115. The van der Waals surface area contributed by atoms with Crippen molar-refractivity contribution in [1.29, 1.82) is 0 Å². The van der Waals surface area contributed by atoms with Gasteiger partial charge in [0.2, 0.25) is 0 Å². The fraction of sp³-hybridized carbons (Fsp3) is 0.200. The molecule has 0 aliphatic carbocycles. The number of aliphatic imine (C=N–C) groups is 1. The van der Waals surface area contributed by atoms with Crippen LogP contribution < -0.4 is 19.5 Å². The second-order valence-electron chi connectivity index (χ2n) is 5.64. The fourth-order valence-corrected chi connectivity index (χ4v) is 3.87. The number of amides is 1. The Kier molecular flexibility index (Phi) is 6.64. The zero-order valence-electron chi connectivity index (χ0n) is 15.6. The molecule has 1 heterocycles. The molecule has 1 fully saturated rings. The third-order valence-corrected chi connectivity index (χ3v) is 5.35. The van der Waals surface area contributed by atoms with Crippen molar-refractivity contribution >= 4 is 50.5 Å². The molecule has 146 valence electrons. The van der Waals surface area contributed by atoms with Gasteiger partial charge in [-0.15, -0.1) is 0 Å². The highest BCUT2D eigenvalue weighted by Gasteiger charge is 2.24. The highest BCUT2D eigenvalue weighted by atomic mass is 79.9. The maximum absolute atomic E-state index is 12.3. The Balaban J connectivity index is 1.83. The van der Waals surface area contributed by atoms with E-state index in [1.807, 2.05) is 37.3 Å². The lowest BCUT2D eigenvalue weighted by Gasteiger charge is -2.10. The van der Waals surface area contributed by atoms with E-state index in [2.05, 4.69) is 26.2 Å². The number of thioether (sulfide) groups is 1. The number of hydrogen-bond donors (Lipinski definition) is 1. The van der Waals surface area contributed by atoms with E-state index in [1.165, 1.54) is 11.8 Å². The van der Waals surface area contributed by atoms with Gasteiger partial charge in [0.25, 0.3) is 5.91 Å². The maximum atomic E-state index is 12.3. The Morgan fingerprint density at radius 1 is 1.14 bits per heavy atom. The molecule has 1 N–H and O–H groups in total. The smallest absolute Gasteiger partial charge is 0.264 e. The van der Waals surface area contributed by atoms with Crippen molar-refractivity contribution in [3.8, 4) is 17.2 Å². The summed E-state index contributed by atoms with van der Waals surface area (Å²) in [6.45, 7) is 2.54. The highest BCUT2D eigenvalue weighted by Crippen LogP contribution is 2.36. The zero-order valence-corrected chi connectivity index (χ0v) is 18.0. The highest BCUT2D eigenvalue weighted by molar-refractivity contribution is 9.10. The molecule has 1 amide bonds. The Morgan fingerprint density at radius 2 is 1.86 bits per heavy atom. The number of methoxy groups -OCH3 is 2. The van der Waals surface area contributed by atoms with Crippen LogP contribution in [0.15, 0.2) is 50.8 Å². The Hall–Kier alpha value is -2.45. The van der Waals surface area contributed by atoms with Gasteiger partial charge in [0, 0.05) is 11.6 Å². The van der Waals surface area contributed by atoms with Gasteiger partial charge in [-0.2, -0.15) is 0 Å². The molecule has 2 aromatic rings. The van der Waals surface area contributed by atoms with Crippen LogP contribution >= 0.6 is 27.7 Å². The van der Waals surface area contributed by atoms with E-state index in [4.69, 9.17) is 14.2 Å². The molecular formula is C20H19BrN2O4S. The molecule has 1 aliphatic heterocycles. The van der Waals surface area contributed by atoms with Crippen LogP contribution in [0.4, 0.5) is 5.69 Å². The van der Waals surface area contributed by atoms with Crippen LogP contribution in [0.25, 0.3) is 6.08 Å². The van der Waals surface area contributed by atoms with E-state index in [9.17, 15) is 4.79 Å². The van der Waals surface area contributed by atoms with E-state index >= 15 is 0 Å². The van der Waals surface area contributed by atoms with Crippen molar-refractivity contribution < 1.29 is 19.0 Å². The first-order chi connectivity index (χ1) is 13.5. The third kappa shape index (κ3) is 4.69. The van der Waals surface area contributed by atoms with E-state index in [0.29, 0.717) is 28.2 Å². The lowest BCUT2D eigenvalue weighted by atomic mass is 10.1. The lowest BCUT2D eigenvalue weighted by Crippen LogP contribution is -2.19. The minimum Gasteiger partial charge on any atom is -0.496 e. The van der Waals surface area contributed by atoms with Crippen LogP contribution in [0.3, 0.4) is 0 Å². The van der Waals surface area contributed by atoms with E-state index in [1.54, 1.807) is 26.4 Å². The largest absolute Gasteiger partial charge is 0.496 e. The van der Waals surface area contributed by atoms with Crippen LogP contribution in [0.2, 0.25) is 0 Å². The molecule has 3 rings (SSSR count). The topological polar surface area (TPSA) is 69.2 Å². The standard InChI is InChI=1S/C20H19BrN2O4S/c1-4-27-14-7-5-13(6-8-14)22-20-23-19(24)18(28-20)10-12-9-15(21)17(26-3)11-16(12)25-2/h5-11H,4H2,1-3H3,(H,22,23,24)/b18-10+. The number of benzene rings is 2. The Morgan fingerprint density at radius 3 is 2.50 bits per heavy atom. The number of amidine groups is 1. The van der Waals surface area contributed by atoms with Gasteiger partial charge >= 0.3 is 0 Å². The van der Waals surface area contributed by atoms with Gasteiger partial charge in [0.05, 0.1) is 35.9 Å². The third-order valence-electron chi connectivity index (χ3n) is 3.82. The summed E-state index contributed by atoms with van der Waals surface area (Å²) in [4.78, 5) is 17.4. The van der Waals surface area contributed by atoms with Crippen molar-refractivity contribution in [3.63, 3.8) is 0 Å². The molecule has 0 aromatic heterocycles. The summed E-state index contributed by atoms with van der Waals surface area (Å²) in [6, 6.07) is 11.0. The van der Waals surface area contributed by atoms with Gasteiger partial charge in [-0.05, 0) is 71.0 Å². The molecule has 2 aromatic carbocycles. The van der Waals surface area contributed by atoms with Gasteiger partial charge in [0.15, 0.2) is 5.17 Å². The number of rotatable bonds is 6. The average Bonchev–Trinajstić information content (AvgIpc) is 3.02. The Bertz CT molecular complexity index is 942. The summed E-state index contributed by atoms with van der Waals surface area (Å²) < 4.78 is 16.9. The number of nitrogens with one attached hydrogen (secondary N) is 1. The summed E-state index contributed by atoms with van der Waals surface area (Å²) in [5, 5.41) is 3.30. The molecule has 0 bridgehead atoms. The van der Waals surface area contributed by atoms with Crippen LogP contribution in [0.1, 0.15) is 12.5 Å². The van der Waals surface area contributed by atoms with Crippen molar-refractivity contribution in [2.75, 3.05) is 20.8 Å². The van der Waals surface area contributed by atoms with Gasteiger partial charge in [-0.25, -0.2) is 4.99 Å². The molecule has 0 spiro atoms. The van der Waals surface area contributed by atoms with Gasteiger partial charge in [-0.3, -0.25) is 4.79 Å².